The van der Waals surface area contributed by atoms with Crippen LogP contribution in [0.5, 0.6) is 0 Å². The number of aromatic amines is 1. The minimum atomic E-state index is -2.82. The fourth-order valence-corrected chi connectivity index (χ4v) is 4.15. The Hall–Kier alpha value is -0.693. The van der Waals surface area contributed by atoms with Crippen LogP contribution in [0.25, 0.3) is 0 Å². The van der Waals surface area contributed by atoms with Crippen LogP contribution in [-0.4, -0.2) is 38.6 Å². The molecule has 0 fully saturated rings. The summed E-state index contributed by atoms with van der Waals surface area (Å²) in [7, 11) is -2.82. The van der Waals surface area contributed by atoms with Gasteiger partial charge in [-0.15, -0.1) is 0 Å². The van der Waals surface area contributed by atoms with Gasteiger partial charge in [0.25, 0.3) is 0 Å². The number of nitrogens with zero attached hydrogens (tertiary/aromatic N) is 1. The smallest absolute Gasteiger partial charge is 0.369 e. The SMILES string of the molecule is CCCc1nc([Si](OCC)(OCC)OCC)c[nH]1. The molecule has 5 nitrogen and oxygen atoms in total. The molecule has 0 aliphatic carbocycles. The number of aromatic nitrogens is 2. The third-order valence-electron chi connectivity index (χ3n) is 2.43. The molecule has 6 heteroatoms. The summed E-state index contributed by atoms with van der Waals surface area (Å²) in [5, 5.41) is 0.788. The first-order chi connectivity index (χ1) is 8.72. The summed E-state index contributed by atoms with van der Waals surface area (Å²) < 4.78 is 17.4. The number of aryl methyl sites for hydroxylation is 1. The highest BCUT2D eigenvalue weighted by molar-refractivity contribution is 6.74. The van der Waals surface area contributed by atoms with Crippen LogP contribution < -0.4 is 5.32 Å². The zero-order valence-electron chi connectivity index (χ0n) is 11.8. The van der Waals surface area contributed by atoms with Crippen molar-refractivity contribution in [1.82, 2.24) is 9.97 Å². The van der Waals surface area contributed by atoms with E-state index in [1.807, 2.05) is 27.0 Å². The zero-order valence-corrected chi connectivity index (χ0v) is 12.8. The Morgan fingerprint density at radius 1 is 1.06 bits per heavy atom. The molecular weight excluding hydrogens is 248 g/mol. The number of hydrogen-bond acceptors (Lipinski definition) is 4. The van der Waals surface area contributed by atoms with Gasteiger partial charge >= 0.3 is 8.80 Å². The Morgan fingerprint density at radius 3 is 2.06 bits per heavy atom. The Morgan fingerprint density at radius 2 is 1.61 bits per heavy atom. The van der Waals surface area contributed by atoms with Gasteiger partial charge in [-0.05, 0) is 27.2 Å². The Balaban J connectivity index is 2.97. The van der Waals surface area contributed by atoms with Crippen LogP contribution in [0.15, 0.2) is 6.20 Å². The van der Waals surface area contributed by atoms with E-state index >= 15 is 0 Å². The normalized spacial score (nSPS) is 12.0. The van der Waals surface area contributed by atoms with Crippen LogP contribution in [0.4, 0.5) is 0 Å². The Labute approximate surface area is 110 Å². The van der Waals surface area contributed by atoms with Gasteiger partial charge in [-0.1, -0.05) is 6.92 Å². The molecule has 0 amide bonds. The number of hydrogen-bond donors (Lipinski definition) is 1. The van der Waals surface area contributed by atoms with Gasteiger partial charge < -0.3 is 18.3 Å². The van der Waals surface area contributed by atoms with Crippen LogP contribution >= 0.6 is 0 Å². The molecule has 18 heavy (non-hydrogen) atoms. The summed E-state index contributed by atoms with van der Waals surface area (Å²) in [6, 6.07) is 0. The monoisotopic (exact) mass is 272 g/mol. The number of rotatable bonds is 9. The van der Waals surface area contributed by atoms with Crippen molar-refractivity contribution in [2.45, 2.75) is 40.5 Å². The van der Waals surface area contributed by atoms with E-state index < -0.39 is 8.80 Å². The topological polar surface area (TPSA) is 56.4 Å². The van der Waals surface area contributed by atoms with E-state index in [1.54, 1.807) is 0 Å². The highest BCUT2D eigenvalue weighted by atomic mass is 28.4. The average Bonchev–Trinajstić information content (AvgIpc) is 2.79. The largest absolute Gasteiger partial charge is 0.558 e. The van der Waals surface area contributed by atoms with Crippen LogP contribution in [0.1, 0.15) is 39.9 Å². The average molecular weight is 272 g/mol. The van der Waals surface area contributed by atoms with Crippen molar-refractivity contribution in [2.24, 2.45) is 0 Å². The molecule has 0 aromatic carbocycles. The molecule has 0 bridgehead atoms. The summed E-state index contributed by atoms with van der Waals surface area (Å²) >= 11 is 0. The molecule has 1 aromatic rings. The van der Waals surface area contributed by atoms with E-state index in [2.05, 4.69) is 16.9 Å². The van der Waals surface area contributed by atoms with E-state index in [9.17, 15) is 0 Å². The van der Waals surface area contributed by atoms with E-state index in [-0.39, 0.29) is 0 Å². The summed E-state index contributed by atoms with van der Waals surface area (Å²) in [6.07, 6.45) is 3.84. The van der Waals surface area contributed by atoms with Crippen LogP contribution in [0.2, 0.25) is 0 Å². The second kappa shape index (κ2) is 7.68. The lowest BCUT2D eigenvalue weighted by molar-refractivity contribution is 0.0851. The molecule has 1 rings (SSSR count). The van der Waals surface area contributed by atoms with Gasteiger partial charge in [0.1, 0.15) is 11.1 Å². The first-order valence-corrected chi connectivity index (χ1v) is 8.41. The van der Waals surface area contributed by atoms with Crippen molar-refractivity contribution in [1.29, 1.82) is 0 Å². The number of imidazole rings is 1. The van der Waals surface area contributed by atoms with Gasteiger partial charge in [0, 0.05) is 32.4 Å². The van der Waals surface area contributed by atoms with Crippen molar-refractivity contribution in [2.75, 3.05) is 19.8 Å². The van der Waals surface area contributed by atoms with Gasteiger partial charge in [0.15, 0.2) is 0 Å². The maximum atomic E-state index is 5.80. The predicted molar refractivity (Wildman–Crippen MR) is 72.8 cm³/mol. The molecule has 0 saturated heterocycles. The van der Waals surface area contributed by atoms with Crippen molar-refractivity contribution in [3.8, 4) is 0 Å². The highest BCUT2D eigenvalue weighted by Crippen LogP contribution is 2.10. The quantitative estimate of drug-likeness (QED) is 0.694. The lowest BCUT2D eigenvalue weighted by Gasteiger charge is -2.26. The third kappa shape index (κ3) is 3.65. The van der Waals surface area contributed by atoms with Gasteiger partial charge in [0.2, 0.25) is 0 Å². The molecule has 1 heterocycles. The summed E-state index contributed by atoms with van der Waals surface area (Å²) in [4.78, 5) is 7.73. The molecule has 0 radical (unpaired) electrons. The molecular formula is C12H24N2O3Si. The van der Waals surface area contributed by atoms with E-state index in [4.69, 9.17) is 13.3 Å². The Kier molecular flexibility index (Phi) is 6.55. The van der Waals surface area contributed by atoms with Crippen LogP contribution in [-0.2, 0) is 19.7 Å². The maximum Gasteiger partial charge on any atom is 0.558 e. The molecule has 104 valence electrons. The molecule has 0 unspecified atom stereocenters. The predicted octanol–water partition coefficient (Wildman–Crippen LogP) is 1.62. The van der Waals surface area contributed by atoms with Gasteiger partial charge in [-0.2, -0.15) is 0 Å². The number of H-pyrrole nitrogens is 1. The first kappa shape index (κ1) is 15.4. The van der Waals surface area contributed by atoms with Crippen molar-refractivity contribution >= 4 is 14.1 Å². The molecule has 0 aliphatic heterocycles. The highest BCUT2D eigenvalue weighted by Gasteiger charge is 2.45. The summed E-state index contributed by atoms with van der Waals surface area (Å²) in [6.45, 7) is 9.63. The second-order valence-corrected chi connectivity index (χ2v) is 6.33. The Bertz CT molecular complexity index is 327. The zero-order chi connectivity index (χ0) is 13.4. The van der Waals surface area contributed by atoms with E-state index in [1.165, 1.54) is 0 Å². The third-order valence-corrected chi connectivity index (χ3v) is 5.32. The number of nitrogens with one attached hydrogen (secondary N) is 1. The minimum absolute atomic E-state index is 0.558. The fourth-order valence-electron chi connectivity index (χ4n) is 1.80. The molecule has 0 spiro atoms. The second-order valence-electron chi connectivity index (χ2n) is 3.84. The van der Waals surface area contributed by atoms with Crippen LogP contribution in [0, 0.1) is 0 Å². The maximum absolute atomic E-state index is 5.80. The lowest BCUT2D eigenvalue weighted by Crippen LogP contribution is -2.57. The van der Waals surface area contributed by atoms with Crippen molar-refractivity contribution in [3.05, 3.63) is 12.0 Å². The first-order valence-electron chi connectivity index (χ1n) is 6.68. The van der Waals surface area contributed by atoms with Gasteiger partial charge in [-0.3, -0.25) is 0 Å². The summed E-state index contributed by atoms with van der Waals surface area (Å²) in [5.41, 5.74) is 0. The van der Waals surface area contributed by atoms with Crippen molar-refractivity contribution in [3.63, 3.8) is 0 Å². The van der Waals surface area contributed by atoms with Crippen LogP contribution in [0.3, 0.4) is 0 Å². The molecule has 1 aromatic heterocycles. The molecule has 0 aliphatic rings. The van der Waals surface area contributed by atoms with E-state index in [0.717, 1.165) is 24.0 Å². The lowest BCUT2D eigenvalue weighted by atomic mass is 10.3. The molecule has 0 saturated carbocycles. The minimum Gasteiger partial charge on any atom is -0.369 e. The standard InChI is InChI=1S/C12H24N2O3Si/c1-5-9-11-13-10-12(14-11)18(15-6-2,16-7-3)17-8-4/h10H,5-9H2,1-4H3,(H,13,14). The van der Waals surface area contributed by atoms with Gasteiger partial charge in [-0.25, -0.2) is 4.98 Å². The molecule has 1 N–H and O–H groups in total. The molecule has 0 atom stereocenters. The fraction of sp³-hybridized carbons (Fsp3) is 0.750. The van der Waals surface area contributed by atoms with E-state index in [0.29, 0.717) is 19.8 Å². The van der Waals surface area contributed by atoms with Gasteiger partial charge in [0.05, 0.1) is 0 Å². The summed E-state index contributed by atoms with van der Waals surface area (Å²) in [5.74, 6) is 0.962. The van der Waals surface area contributed by atoms with Crippen molar-refractivity contribution < 1.29 is 13.3 Å².